The third-order valence-electron chi connectivity index (χ3n) is 3.36. The highest BCUT2D eigenvalue weighted by atomic mass is 16.5. The van der Waals surface area contributed by atoms with Crippen molar-refractivity contribution in [3.05, 3.63) is 65.6 Å². The molecule has 0 amide bonds. The maximum absolute atomic E-state index is 5.96. The molecular weight excluding hydrogens is 290 g/mol. The molecule has 6 heteroatoms. The number of pyridine rings is 1. The highest BCUT2D eigenvalue weighted by Gasteiger charge is 2.10. The van der Waals surface area contributed by atoms with Crippen LogP contribution in [0, 0.1) is 6.92 Å². The molecule has 0 saturated heterocycles. The molecule has 0 radical (unpaired) electrons. The Bertz CT molecular complexity index is 835. The second-order valence-corrected chi connectivity index (χ2v) is 5.18. The minimum Gasteiger partial charge on any atom is -0.438 e. The van der Waals surface area contributed by atoms with Gasteiger partial charge in [0.2, 0.25) is 11.8 Å². The second kappa shape index (κ2) is 6.31. The lowest BCUT2D eigenvalue weighted by Crippen LogP contribution is -2.01. The van der Waals surface area contributed by atoms with Crippen LogP contribution in [0.5, 0.6) is 11.6 Å². The molecule has 0 atom stereocenters. The van der Waals surface area contributed by atoms with Crippen molar-refractivity contribution >= 4 is 11.6 Å². The van der Waals surface area contributed by atoms with Crippen molar-refractivity contribution in [1.82, 2.24) is 15.0 Å². The van der Waals surface area contributed by atoms with Crippen LogP contribution in [-0.4, -0.2) is 15.0 Å². The van der Waals surface area contributed by atoms with E-state index in [9.17, 15) is 0 Å². The molecule has 3 aromatic rings. The van der Waals surface area contributed by atoms with Gasteiger partial charge in [-0.15, -0.1) is 0 Å². The lowest BCUT2D eigenvalue weighted by atomic mass is 10.1. The molecule has 0 spiro atoms. The summed E-state index contributed by atoms with van der Waals surface area (Å²) in [5, 5.41) is 0. The van der Waals surface area contributed by atoms with E-state index in [1.165, 1.54) is 0 Å². The van der Waals surface area contributed by atoms with Gasteiger partial charge in [0.05, 0.1) is 5.69 Å². The van der Waals surface area contributed by atoms with Gasteiger partial charge in [0.25, 0.3) is 0 Å². The Hall–Kier alpha value is -3.15. The first-order valence-electron chi connectivity index (χ1n) is 7.17. The Balaban J connectivity index is 1.88. The maximum atomic E-state index is 5.96. The molecule has 0 unspecified atom stereocenters. The summed E-state index contributed by atoms with van der Waals surface area (Å²) in [6, 6.07) is 11.1. The van der Waals surface area contributed by atoms with Crippen molar-refractivity contribution < 1.29 is 4.74 Å². The van der Waals surface area contributed by atoms with Gasteiger partial charge in [-0.05, 0) is 42.8 Å². The molecular formula is C17H17N5O. The Morgan fingerprint density at radius 3 is 2.70 bits per heavy atom. The van der Waals surface area contributed by atoms with Gasteiger partial charge < -0.3 is 16.2 Å². The smallest absolute Gasteiger partial charge is 0.222 e. The quantitative estimate of drug-likeness (QED) is 0.719. The van der Waals surface area contributed by atoms with Gasteiger partial charge in [0.15, 0.2) is 0 Å². The standard InChI is InChI=1S/C17H17N5O/c1-11-9-13(18)4-5-15(11)23-16-12(3-2-7-20-16)10-14-6-8-21-17(19)22-14/h2-9H,10,18H2,1H3,(H2,19,21,22). The fourth-order valence-corrected chi connectivity index (χ4v) is 2.25. The van der Waals surface area contributed by atoms with Crippen LogP contribution in [-0.2, 0) is 6.42 Å². The summed E-state index contributed by atoms with van der Waals surface area (Å²) in [6.45, 7) is 1.94. The molecule has 0 bridgehead atoms. The van der Waals surface area contributed by atoms with E-state index in [1.54, 1.807) is 18.5 Å². The molecule has 0 aliphatic carbocycles. The van der Waals surface area contributed by atoms with E-state index < -0.39 is 0 Å². The van der Waals surface area contributed by atoms with E-state index >= 15 is 0 Å². The number of ether oxygens (including phenoxy) is 1. The Kier molecular flexibility index (Phi) is 4.05. The first kappa shape index (κ1) is 14.8. The zero-order valence-corrected chi connectivity index (χ0v) is 12.7. The molecule has 0 aliphatic rings. The van der Waals surface area contributed by atoms with Crippen LogP contribution in [0.1, 0.15) is 16.8 Å². The normalized spacial score (nSPS) is 10.5. The second-order valence-electron chi connectivity index (χ2n) is 5.18. The number of aryl methyl sites for hydroxylation is 1. The van der Waals surface area contributed by atoms with Crippen molar-refractivity contribution in [2.24, 2.45) is 0 Å². The van der Waals surface area contributed by atoms with E-state index in [1.807, 2.05) is 37.3 Å². The summed E-state index contributed by atoms with van der Waals surface area (Å²) in [7, 11) is 0. The number of nitrogens with zero attached hydrogens (tertiary/aromatic N) is 3. The van der Waals surface area contributed by atoms with Gasteiger partial charge >= 0.3 is 0 Å². The summed E-state index contributed by atoms with van der Waals surface area (Å²) in [4.78, 5) is 12.4. The Morgan fingerprint density at radius 1 is 1.04 bits per heavy atom. The molecule has 4 N–H and O–H groups in total. The number of rotatable bonds is 4. The predicted octanol–water partition coefficient (Wildman–Crippen LogP) is 2.73. The lowest BCUT2D eigenvalue weighted by molar-refractivity contribution is 0.454. The summed E-state index contributed by atoms with van der Waals surface area (Å²) < 4.78 is 5.96. The predicted molar refractivity (Wildman–Crippen MR) is 89.2 cm³/mol. The van der Waals surface area contributed by atoms with Crippen LogP contribution in [0.25, 0.3) is 0 Å². The fourth-order valence-electron chi connectivity index (χ4n) is 2.25. The summed E-state index contributed by atoms with van der Waals surface area (Å²) in [5.41, 5.74) is 14.8. The van der Waals surface area contributed by atoms with E-state index in [0.29, 0.717) is 18.0 Å². The Labute approximate surface area is 134 Å². The van der Waals surface area contributed by atoms with Crippen LogP contribution < -0.4 is 16.2 Å². The molecule has 6 nitrogen and oxygen atoms in total. The van der Waals surface area contributed by atoms with E-state index in [2.05, 4.69) is 15.0 Å². The molecule has 0 fully saturated rings. The number of nitrogen functional groups attached to an aromatic ring is 2. The first-order chi connectivity index (χ1) is 11.1. The molecule has 2 aromatic heterocycles. The zero-order valence-electron chi connectivity index (χ0n) is 12.7. The molecule has 1 aromatic carbocycles. The van der Waals surface area contributed by atoms with Crippen molar-refractivity contribution in [1.29, 1.82) is 0 Å². The van der Waals surface area contributed by atoms with Gasteiger partial charge in [-0.1, -0.05) is 6.07 Å². The average molecular weight is 307 g/mol. The molecule has 0 saturated carbocycles. The van der Waals surface area contributed by atoms with Crippen LogP contribution in [0.15, 0.2) is 48.8 Å². The van der Waals surface area contributed by atoms with Crippen molar-refractivity contribution in [3.8, 4) is 11.6 Å². The summed E-state index contributed by atoms with van der Waals surface area (Å²) in [5.74, 6) is 1.52. The van der Waals surface area contributed by atoms with Gasteiger partial charge in [-0.3, -0.25) is 0 Å². The minimum atomic E-state index is 0.253. The summed E-state index contributed by atoms with van der Waals surface area (Å²) >= 11 is 0. The van der Waals surface area contributed by atoms with Crippen molar-refractivity contribution in [3.63, 3.8) is 0 Å². The highest BCUT2D eigenvalue weighted by Crippen LogP contribution is 2.28. The van der Waals surface area contributed by atoms with Crippen LogP contribution >= 0.6 is 0 Å². The number of hydrogen-bond acceptors (Lipinski definition) is 6. The fraction of sp³-hybridized carbons (Fsp3) is 0.118. The van der Waals surface area contributed by atoms with Crippen molar-refractivity contribution in [2.75, 3.05) is 11.5 Å². The van der Waals surface area contributed by atoms with Crippen LogP contribution in [0.2, 0.25) is 0 Å². The lowest BCUT2D eigenvalue weighted by Gasteiger charge is -2.12. The van der Waals surface area contributed by atoms with Gasteiger partial charge in [-0.25, -0.2) is 15.0 Å². The molecule has 116 valence electrons. The van der Waals surface area contributed by atoms with E-state index in [0.717, 1.165) is 22.6 Å². The molecule has 23 heavy (non-hydrogen) atoms. The monoisotopic (exact) mass is 307 g/mol. The number of aromatic nitrogens is 3. The number of benzene rings is 1. The van der Waals surface area contributed by atoms with Gasteiger partial charge in [0, 0.05) is 30.1 Å². The van der Waals surface area contributed by atoms with Gasteiger partial charge in [0.1, 0.15) is 5.75 Å². The first-order valence-corrected chi connectivity index (χ1v) is 7.17. The summed E-state index contributed by atoms with van der Waals surface area (Å²) in [6.07, 6.45) is 3.89. The minimum absolute atomic E-state index is 0.253. The number of hydrogen-bond donors (Lipinski definition) is 2. The third kappa shape index (κ3) is 3.55. The third-order valence-corrected chi connectivity index (χ3v) is 3.36. The van der Waals surface area contributed by atoms with Crippen molar-refractivity contribution in [2.45, 2.75) is 13.3 Å². The Morgan fingerprint density at radius 2 is 1.91 bits per heavy atom. The topological polar surface area (TPSA) is 99.9 Å². The molecule has 2 heterocycles. The van der Waals surface area contributed by atoms with Gasteiger partial charge in [-0.2, -0.15) is 0 Å². The zero-order chi connectivity index (χ0) is 16.2. The van der Waals surface area contributed by atoms with E-state index in [-0.39, 0.29) is 5.95 Å². The van der Waals surface area contributed by atoms with Crippen LogP contribution in [0.3, 0.4) is 0 Å². The number of anilines is 2. The molecule has 3 rings (SSSR count). The highest BCUT2D eigenvalue weighted by molar-refractivity contribution is 5.48. The average Bonchev–Trinajstić information content (AvgIpc) is 2.52. The maximum Gasteiger partial charge on any atom is 0.222 e. The molecule has 0 aliphatic heterocycles. The largest absolute Gasteiger partial charge is 0.438 e. The number of nitrogens with two attached hydrogens (primary N) is 2. The SMILES string of the molecule is Cc1cc(N)ccc1Oc1ncccc1Cc1ccnc(N)n1. The van der Waals surface area contributed by atoms with Crippen LogP contribution in [0.4, 0.5) is 11.6 Å². The van der Waals surface area contributed by atoms with E-state index in [4.69, 9.17) is 16.2 Å².